The van der Waals surface area contributed by atoms with Crippen molar-refractivity contribution in [3.05, 3.63) is 135 Å². The first-order chi connectivity index (χ1) is 20.2. The number of carbonyl (C=O) groups excluding carboxylic acids is 3. The number of halogens is 3. The van der Waals surface area contributed by atoms with E-state index in [0.29, 0.717) is 33.0 Å². The quantitative estimate of drug-likeness (QED) is 0.199. The molecule has 3 amide bonds. The molecule has 8 rings (SSSR count). The fourth-order valence-electron chi connectivity index (χ4n) is 7.08. The van der Waals surface area contributed by atoms with Gasteiger partial charge in [-0.25, -0.2) is 0 Å². The van der Waals surface area contributed by atoms with Gasteiger partial charge in [-0.3, -0.25) is 19.3 Å². The normalized spacial score (nSPS) is 26.0. The second-order valence-electron chi connectivity index (χ2n) is 11.2. The minimum Gasteiger partial charge on any atom is -0.324 e. The summed E-state index contributed by atoms with van der Waals surface area (Å²) in [6, 6.07) is 28.3. The Morgan fingerprint density at radius 1 is 0.786 bits per heavy atom. The average Bonchev–Trinajstić information content (AvgIpc) is 3.27. The molecule has 3 atom stereocenters. The van der Waals surface area contributed by atoms with Gasteiger partial charge in [0.2, 0.25) is 17.7 Å². The maximum absolute atomic E-state index is 14.6. The van der Waals surface area contributed by atoms with Crippen molar-refractivity contribution >= 4 is 58.2 Å². The van der Waals surface area contributed by atoms with Gasteiger partial charge in [-0.1, -0.05) is 96.5 Å². The summed E-state index contributed by atoms with van der Waals surface area (Å²) in [5.74, 6) is -3.50. The van der Waals surface area contributed by atoms with Crippen molar-refractivity contribution in [2.75, 3.05) is 5.32 Å². The summed E-state index contributed by atoms with van der Waals surface area (Å²) in [7, 11) is 0. The molecule has 0 saturated carbocycles. The van der Waals surface area contributed by atoms with Crippen molar-refractivity contribution < 1.29 is 14.4 Å². The van der Waals surface area contributed by atoms with Crippen LogP contribution in [0.4, 0.5) is 5.69 Å². The minimum absolute atomic E-state index is 0.119. The van der Waals surface area contributed by atoms with E-state index in [0.717, 1.165) is 16.0 Å². The first-order valence-electron chi connectivity index (χ1n) is 13.7. The molecule has 3 aliphatic carbocycles. The predicted octanol–water partition coefficient (Wildman–Crippen LogP) is 6.79. The number of benzene rings is 4. The minimum atomic E-state index is -1.33. The number of carbonyl (C=O) groups is 3. The summed E-state index contributed by atoms with van der Waals surface area (Å²) in [6.07, 6.45) is 0.119. The number of hydrogen-bond acceptors (Lipinski definition) is 3. The molecule has 1 saturated heterocycles. The number of likely N-dealkylation sites (tertiary alicyclic amines) is 1. The van der Waals surface area contributed by atoms with Gasteiger partial charge in [0.1, 0.15) is 15.8 Å². The first kappa shape index (κ1) is 27.2. The van der Waals surface area contributed by atoms with Crippen LogP contribution < -0.4 is 5.32 Å². The standard InChI is InChI=1S/C34H25Cl3N2O3/c1-19-15-16-21(35)18-26(19)38-30(40)27(17-20-9-3-2-4-10-20)39-31(41)28-29(32(39)42)34(37)23-12-6-5-11-22(23)33(28,36)24-13-7-8-14-25(24)34/h2-16,18,27-29H,17H2,1H3,(H,38,40)/t27-,28+,29+,33?,34?/m0/s1. The molecule has 1 N–H and O–H groups in total. The van der Waals surface area contributed by atoms with Crippen molar-refractivity contribution in [2.45, 2.75) is 29.1 Å². The highest BCUT2D eigenvalue weighted by Gasteiger charge is 2.73. The van der Waals surface area contributed by atoms with Crippen LogP contribution in [0.2, 0.25) is 5.02 Å². The Labute approximate surface area is 258 Å². The highest BCUT2D eigenvalue weighted by atomic mass is 35.5. The predicted molar refractivity (Wildman–Crippen MR) is 164 cm³/mol. The number of alkyl halides is 2. The summed E-state index contributed by atoms with van der Waals surface area (Å²) in [6.45, 7) is 1.85. The van der Waals surface area contributed by atoms with Gasteiger partial charge in [0.25, 0.3) is 0 Å². The molecule has 1 fully saturated rings. The van der Waals surface area contributed by atoms with E-state index in [2.05, 4.69) is 5.32 Å². The van der Waals surface area contributed by atoms with Crippen LogP contribution in [0.15, 0.2) is 97.1 Å². The zero-order valence-electron chi connectivity index (χ0n) is 22.5. The van der Waals surface area contributed by atoms with Gasteiger partial charge in [-0.2, -0.15) is 0 Å². The molecule has 42 heavy (non-hydrogen) atoms. The first-order valence-corrected chi connectivity index (χ1v) is 14.9. The fraction of sp³-hybridized carbons (Fsp3) is 0.206. The monoisotopic (exact) mass is 614 g/mol. The van der Waals surface area contributed by atoms with Crippen LogP contribution in [-0.2, 0) is 30.6 Å². The number of nitrogens with zero attached hydrogens (tertiary/aromatic N) is 1. The van der Waals surface area contributed by atoms with E-state index >= 15 is 0 Å². The molecule has 0 unspecified atom stereocenters. The third kappa shape index (κ3) is 3.67. The van der Waals surface area contributed by atoms with Gasteiger partial charge in [0.05, 0.1) is 11.8 Å². The van der Waals surface area contributed by atoms with Gasteiger partial charge >= 0.3 is 0 Å². The van der Waals surface area contributed by atoms with Crippen molar-refractivity contribution in [3.63, 3.8) is 0 Å². The molecule has 5 nitrogen and oxygen atoms in total. The summed E-state index contributed by atoms with van der Waals surface area (Å²) >= 11 is 21.4. The third-order valence-corrected chi connectivity index (χ3v) is 10.5. The topological polar surface area (TPSA) is 66.5 Å². The van der Waals surface area contributed by atoms with Crippen molar-refractivity contribution in [1.82, 2.24) is 4.90 Å². The number of nitrogens with one attached hydrogen (secondary N) is 1. The van der Waals surface area contributed by atoms with Gasteiger partial charge < -0.3 is 5.32 Å². The number of rotatable bonds is 5. The number of hydrogen-bond donors (Lipinski definition) is 1. The van der Waals surface area contributed by atoms with Crippen LogP contribution in [0.3, 0.4) is 0 Å². The maximum atomic E-state index is 14.6. The van der Waals surface area contributed by atoms with E-state index in [1.807, 2.05) is 85.8 Å². The fourth-order valence-corrected chi connectivity index (χ4v) is 8.35. The molecule has 1 heterocycles. The lowest BCUT2D eigenvalue weighted by Gasteiger charge is -2.54. The molecule has 0 aromatic heterocycles. The van der Waals surface area contributed by atoms with E-state index in [4.69, 9.17) is 34.8 Å². The number of imide groups is 1. The Hall–Kier alpha value is -3.64. The van der Waals surface area contributed by atoms with E-state index in [1.165, 1.54) is 0 Å². The molecule has 0 radical (unpaired) electrons. The SMILES string of the molecule is Cc1ccc(Cl)cc1NC(=O)[C@H](Cc1ccccc1)N1C(=O)[C@H]2[C@H](C1=O)C1(Cl)c3ccccc3C2(Cl)c2ccccc21. The summed E-state index contributed by atoms with van der Waals surface area (Å²) in [4.78, 5) is 41.7. The number of aryl methyl sites for hydroxylation is 1. The summed E-state index contributed by atoms with van der Waals surface area (Å²) in [5.41, 5.74) is 4.94. The lowest BCUT2D eigenvalue weighted by molar-refractivity contribution is -0.146. The van der Waals surface area contributed by atoms with E-state index in [9.17, 15) is 14.4 Å². The molecule has 8 heteroatoms. The number of anilines is 1. The van der Waals surface area contributed by atoms with E-state index < -0.39 is 45.3 Å². The second-order valence-corrected chi connectivity index (χ2v) is 12.8. The smallest absolute Gasteiger partial charge is 0.248 e. The number of amides is 3. The van der Waals surface area contributed by atoms with Gasteiger partial charge in [0.15, 0.2) is 0 Å². The zero-order chi connectivity index (χ0) is 29.4. The Bertz CT molecular complexity index is 1670. The highest BCUT2D eigenvalue weighted by Crippen LogP contribution is 2.69. The molecule has 1 aliphatic heterocycles. The summed E-state index contributed by atoms with van der Waals surface area (Å²) in [5, 5.41) is 3.38. The molecule has 4 aliphatic rings. The van der Waals surface area contributed by atoms with Gasteiger partial charge in [0, 0.05) is 17.1 Å². The molecule has 2 bridgehead atoms. The summed E-state index contributed by atoms with van der Waals surface area (Å²) < 4.78 is 0. The largest absolute Gasteiger partial charge is 0.324 e. The second kappa shape index (κ2) is 9.70. The molecule has 0 spiro atoms. The Kier molecular flexibility index (Phi) is 6.28. The molecule has 4 aromatic carbocycles. The van der Waals surface area contributed by atoms with E-state index in [-0.39, 0.29) is 6.42 Å². The molecule has 4 aromatic rings. The van der Waals surface area contributed by atoms with Crippen LogP contribution >= 0.6 is 34.8 Å². The van der Waals surface area contributed by atoms with Crippen LogP contribution in [0.1, 0.15) is 33.4 Å². The van der Waals surface area contributed by atoms with Crippen LogP contribution in [-0.4, -0.2) is 28.7 Å². The Morgan fingerprint density at radius 3 is 1.76 bits per heavy atom. The lowest BCUT2D eigenvalue weighted by Crippen LogP contribution is -2.57. The van der Waals surface area contributed by atoms with E-state index in [1.54, 1.807) is 18.2 Å². The highest BCUT2D eigenvalue weighted by molar-refractivity contribution is 6.36. The Morgan fingerprint density at radius 2 is 1.26 bits per heavy atom. The van der Waals surface area contributed by atoms with Crippen LogP contribution in [0, 0.1) is 18.8 Å². The van der Waals surface area contributed by atoms with Gasteiger partial charge in [-0.15, -0.1) is 23.2 Å². The average molecular weight is 616 g/mol. The maximum Gasteiger partial charge on any atom is 0.248 e. The zero-order valence-corrected chi connectivity index (χ0v) is 24.8. The lowest BCUT2D eigenvalue weighted by atomic mass is 9.54. The van der Waals surface area contributed by atoms with Crippen molar-refractivity contribution in [2.24, 2.45) is 11.8 Å². The van der Waals surface area contributed by atoms with Gasteiger partial charge in [-0.05, 0) is 52.4 Å². The van der Waals surface area contributed by atoms with Crippen LogP contribution in [0.5, 0.6) is 0 Å². The van der Waals surface area contributed by atoms with Crippen molar-refractivity contribution in [1.29, 1.82) is 0 Å². The molecular weight excluding hydrogens is 591 g/mol. The Balaban J connectivity index is 1.37. The van der Waals surface area contributed by atoms with Crippen LogP contribution in [0.25, 0.3) is 0 Å². The molecular formula is C34H25Cl3N2O3. The van der Waals surface area contributed by atoms with Crippen molar-refractivity contribution in [3.8, 4) is 0 Å². The third-order valence-electron chi connectivity index (χ3n) is 8.96. The molecule has 210 valence electrons.